The third kappa shape index (κ3) is 6.35. The third-order valence-electron chi connectivity index (χ3n) is 6.60. The van der Waals surface area contributed by atoms with Crippen LogP contribution >= 0.6 is 15.9 Å². The third-order valence-corrected chi connectivity index (χ3v) is 7.09. The average Bonchev–Trinajstić information content (AvgIpc) is 3.16. The van der Waals surface area contributed by atoms with Crippen molar-refractivity contribution < 1.29 is 19.4 Å². The molecular weight excluding hydrogens is 518 g/mol. The van der Waals surface area contributed by atoms with Crippen molar-refractivity contribution in [1.82, 2.24) is 4.90 Å². The van der Waals surface area contributed by atoms with E-state index in [4.69, 9.17) is 4.74 Å². The Morgan fingerprint density at radius 2 is 1.81 bits per heavy atom. The first kappa shape index (κ1) is 26.0. The molecule has 1 amide bonds. The number of carbonyl (C=O) groups excluding carboxylic acids is 1. The van der Waals surface area contributed by atoms with Gasteiger partial charge in [-0.25, -0.2) is 0 Å². The minimum atomic E-state index is -0.929. The van der Waals surface area contributed by atoms with Crippen molar-refractivity contribution in [2.45, 2.75) is 58.1 Å². The number of carboxylic acid groups (broad SMARTS) is 1. The summed E-state index contributed by atoms with van der Waals surface area (Å²) in [5.41, 5.74) is 4.63. The van der Waals surface area contributed by atoms with Crippen molar-refractivity contribution in [1.29, 1.82) is 0 Å². The van der Waals surface area contributed by atoms with Gasteiger partial charge in [-0.05, 0) is 65.4 Å². The van der Waals surface area contributed by atoms with Crippen LogP contribution in [0, 0.1) is 0 Å². The van der Waals surface area contributed by atoms with Gasteiger partial charge >= 0.3 is 5.97 Å². The lowest BCUT2D eigenvalue weighted by Crippen LogP contribution is -2.33. The Morgan fingerprint density at radius 1 is 1.06 bits per heavy atom. The predicted octanol–water partition coefficient (Wildman–Crippen LogP) is 6.63. The second kappa shape index (κ2) is 10.9. The summed E-state index contributed by atoms with van der Waals surface area (Å²) in [4.78, 5) is 26.3. The fraction of sp³-hybridized carbons (Fsp3) is 0.333. The highest BCUT2D eigenvalue weighted by Gasteiger charge is 2.35. The molecule has 0 spiro atoms. The fourth-order valence-electron chi connectivity index (χ4n) is 4.73. The maximum atomic E-state index is 13.5. The number of rotatable bonds is 9. The maximum absolute atomic E-state index is 13.5. The van der Waals surface area contributed by atoms with Crippen LogP contribution in [0.2, 0.25) is 0 Å². The maximum Gasteiger partial charge on any atom is 0.305 e. The fourth-order valence-corrected chi connectivity index (χ4v) is 5.17. The number of carboxylic acids is 1. The largest absolute Gasteiger partial charge is 0.487 e. The molecular formula is C30H32BrNO4. The van der Waals surface area contributed by atoms with E-state index < -0.39 is 5.97 Å². The number of ether oxygens (including phenoxy) is 1. The number of hydrogen-bond acceptors (Lipinski definition) is 3. The summed E-state index contributed by atoms with van der Waals surface area (Å²) in [6.45, 7) is 6.96. The second-order valence-electron chi connectivity index (χ2n) is 10.1. The van der Waals surface area contributed by atoms with E-state index in [1.54, 1.807) is 11.0 Å². The SMILES string of the molecule is CC(C)c1ccc(C[C@@]2(C)Cc3cc(C(=O)N(CCC(=O)O)Cc4cccc(Br)c4)ccc3O2)cc1. The molecule has 1 aliphatic rings. The molecule has 1 N–H and O–H groups in total. The zero-order valence-electron chi connectivity index (χ0n) is 21.0. The molecule has 0 unspecified atom stereocenters. The van der Waals surface area contributed by atoms with Crippen LogP contribution in [0.25, 0.3) is 0 Å². The summed E-state index contributed by atoms with van der Waals surface area (Å²) in [6, 6.07) is 21.9. The summed E-state index contributed by atoms with van der Waals surface area (Å²) < 4.78 is 7.27. The summed E-state index contributed by atoms with van der Waals surface area (Å²) in [5.74, 6) is 0.187. The topological polar surface area (TPSA) is 66.8 Å². The van der Waals surface area contributed by atoms with E-state index in [0.717, 1.165) is 27.8 Å². The molecule has 1 atom stereocenters. The average molecular weight is 550 g/mol. The Hall–Kier alpha value is -3.12. The lowest BCUT2D eigenvalue weighted by molar-refractivity contribution is -0.137. The molecule has 0 aliphatic carbocycles. The number of nitrogens with zero attached hydrogens (tertiary/aromatic N) is 1. The monoisotopic (exact) mass is 549 g/mol. The van der Waals surface area contributed by atoms with Crippen LogP contribution in [0.4, 0.5) is 0 Å². The summed E-state index contributed by atoms with van der Waals surface area (Å²) in [5, 5.41) is 9.21. The zero-order chi connectivity index (χ0) is 25.9. The number of benzene rings is 3. The molecule has 188 valence electrons. The van der Waals surface area contributed by atoms with Crippen LogP contribution < -0.4 is 4.74 Å². The number of amides is 1. The number of fused-ring (bicyclic) bond motifs is 1. The van der Waals surface area contributed by atoms with Gasteiger partial charge in [0.1, 0.15) is 11.4 Å². The van der Waals surface area contributed by atoms with Gasteiger partial charge in [-0.1, -0.05) is 66.2 Å². The van der Waals surface area contributed by atoms with E-state index in [-0.39, 0.29) is 24.5 Å². The first-order valence-electron chi connectivity index (χ1n) is 12.3. The van der Waals surface area contributed by atoms with Crippen molar-refractivity contribution in [2.24, 2.45) is 0 Å². The molecule has 3 aromatic rings. The molecule has 1 heterocycles. The van der Waals surface area contributed by atoms with E-state index in [1.165, 1.54) is 11.1 Å². The van der Waals surface area contributed by atoms with E-state index >= 15 is 0 Å². The predicted molar refractivity (Wildman–Crippen MR) is 145 cm³/mol. The van der Waals surface area contributed by atoms with Crippen molar-refractivity contribution in [3.8, 4) is 5.75 Å². The first-order chi connectivity index (χ1) is 17.1. The Morgan fingerprint density at radius 3 is 2.47 bits per heavy atom. The molecule has 0 saturated heterocycles. The summed E-state index contributed by atoms with van der Waals surface area (Å²) in [7, 11) is 0. The molecule has 0 bridgehead atoms. The Bertz CT molecular complexity index is 1250. The standard InChI is InChI=1S/C30H32BrNO4/c1-20(2)23-9-7-21(8-10-23)17-30(3)18-25-16-24(11-12-27(25)36-30)29(35)32(14-13-28(33)34)19-22-5-4-6-26(31)15-22/h4-12,15-16,20H,13-14,17-19H2,1-3H3,(H,33,34)/t30-/m0/s1. The molecule has 0 radical (unpaired) electrons. The highest BCUT2D eigenvalue weighted by atomic mass is 79.9. The molecule has 0 aromatic heterocycles. The van der Waals surface area contributed by atoms with Gasteiger partial charge in [0.2, 0.25) is 0 Å². The normalized spacial score (nSPS) is 16.5. The van der Waals surface area contributed by atoms with Crippen LogP contribution in [0.3, 0.4) is 0 Å². The van der Waals surface area contributed by atoms with Crippen molar-refractivity contribution in [3.05, 3.63) is 99.0 Å². The zero-order valence-corrected chi connectivity index (χ0v) is 22.5. The Balaban J connectivity index is 1.50. The number of halogens is 1. The van der Waals surface area contributed by atoms with E-state index in [1.807, 2.05) is 36.4 Å². The van der Waals surface area contributed by atoms with Gasteiger partial charge in [-0.2, -0.15) is 0 Å². The summed E-state index contributed by atoms with van der Waals surface area (Å²) in [6.07, 6.45) is 1.37. The van der Waals surface area contributed by atoms with Gasteiger partial charge < -0.3 is 14.7 Å². The smallest absolute Gasteiger partial charge is 0.305 e. The minimum Gasteiger partial charge on any atom is -0.487 e. The van der Waals surface area contributed by atoms with E-state index in [9.17, 15) is 14.7 Å². The molecule has 0 fully saturated rings. The second-order valence-corrected chi connectivity index (χ2v) is 11.0. The van der Waals surface area contributed by atoms with Gasteiger partial charge in [-0.15, -0.1) is 0 Å². The first-order valence-corrected chi connectivity index (χ1v) is 13.1. The van der Waals surface area contributed by atoms with E-state index in [0.29, 0.717) is 24.4 Å². The molecule has 36 heavy (non-hydrogen) atoms. The van der Waals surface area contributed by atoms with Crippen molar-refractivity contribution in [3.63, 3.8) is 0 Å². The van der Waals surface area contributed by atoms with Gasteiger partial charge in [0, 0.05) is 36.0 Å². The van der Waals surface area contributed by atoms with Crippen molar-refractivity contribution in [2.75, 3.05) is 6.54 Å². The lowest BCUT2D eigenvalue weighted by atomic mass is 9.90. The number of aliphatic carboxylic acids is 1. The highest BCUT2D eigenvalue weighted by molar-refractivity contribution is 9.10. The molecule has 5 nitrogen and oxygen atoms in total. The van der Waals surface area contributed by atoms with Crippen LogP contribution in [0.15, 0.2) is 71.2 Å². The molecule has 4 rings (SSSR count). The quantitative estimate of drug-likeness (QED) is 0.325. The van der Waals surface area contributed by atoms with Crippen LogP contribution in [0.1, 0.15) is 65.7 Å². The molecule has 0 saturated carbocycles. The van der Waals surface area contributed by atoms with Gasteiger partial charge in [0.25, 0.3) is 5.91 Å². The van der Waals surface area contributed by atoms with Gasteiger partial charge in [0.05, 0.1) is 6.42 Å². The van der Waals surface area contributed by atoms with E-state index in [2.05, 4.69) is 61.0 Å². The molecule has 1 aliphatic heterocycles. The van der Waals surface area contributed by atoms with Crippen LogP contribution in [-0.4, -0.2) is 34.0 Å². The van der Waals surface area contributed by atoms with Crippen LogP contribution in [0.5, 0.6) is 5.75 Å². The Kier molecular flexibility index (Phi) is 7.84. The lowest BCUT2D eigenvalue weighted by Gasteiger charge is -2.24. The number of hydrogen-bond donors (Lipinski definition) is 1. The van der Waals surface area contributed by atoms with Crippen molar-refractivity contribution >= 4 is 27.8 Å². The van der Waals surface area contributed by atoms with Crippen LogP contribution in [-0.2, 0) is 24.2 Å². The van der Waals surface area contributed by atoms with Gasteiger partial charge in [0.15, 0.2) is 0 Å². The van der Waals surface area contributed by atoms with Gasteiger partial charge in [-0.3, -0.25) is 9.59 Å². The molecule has 6 heteroatoms. The number of carbonyl (C=O) groups is 2. The highest BCUT2D eigenvalue weighted by Crippen LogP contribution is 2.38. The molecule has 3 aromatic carbocycles. The Labute approximate surface area is 221 Å². The minimum absolute atomic E-state index is 0.110. The summed E-state index contributed by atoms with van der Waals surface area (Å²) >= 11 is 3.46.